The average molecular weight is 2030 g/mol. The molecule has 55 atom stereocenters. The molecule has 0 spiro atoms. The van der Waals surface area contributed by atoms with E-state index in [1.165, 1.54) is 6.92 Å². The molecule has 0 aromatic heterocycles. The minimum Gasteiger partial charge on any atom is -0.394 e. The van der Waals surface area contributed by atoms with Crippen molar-refractivity contribution >= 4 is 35.4 Å². The van der Waals surface area contributed by atoms with Crippen molar-refractivity contribution in [2.45, 2.75) is 386 Å². The summed E-state index contributed by atoms with van der Waals surface area (Å²) in [5, 5.41) is 333. The normalized spacial score (nSPS) is 48.3. The Hall–Kier alpha value is -5.14. The standard InChI is InChI=1S/C78H130N6O55/c1-18-41(98)54(111)57(114)74(122-18)120-17-34-64(51(108)35(68(118)123-34)79-19(2)92)134-72-39(83-23(6)96)52(109)62(30(13-90)128-72)136-76-60(117)65(137-78-67(139-71-38(82-22(5)95)50(107)44(101)27(10-87)126-71)59(116)63(31(14-91)130-78)133-70-37(81-21(4)94)49(106)43(100)26(9-86)125-70)47(104)33(131-76)16-121-77-66(56(113)46(103)32(132-77)15-119-69-36(80-20(3)93)48(105)42(99)25(8-85)124-69)138-73-40(84-24(7)97)53(110)61(29(12-89)129-73)135-75-58(115)55(112)45(102)28(11-88)127-75/h18,25-78,85-91,98-118H,8-17H2,1-7H3,(H,79,92)(H,80,93)(H,81,94)(H,82,95)(H,83,96)(H,84,97)/t18-,25+,26+,27+,28+,29+,30+,31+,32+,33+,34+,35+,36+,37+,38+,39+,40+,41+,42+,43+,44+,45-,46+,47+,48+,49+,50+,51+,52+,53+,54-,55-,56-,57-,58+,59-,60-,61+,62+,63+,64+,65-,66-,67-,68?,69+,70-,71-,72-,73-,74+,75-,76-,77-,78+/m0/s1. The zero-order valence-corrected chi connectivity index (χ0v) is 75.4. The van der Waals surface area contributed by atoms with Gasteiger partial charge in [0.2, 0.25) is 35.4 Å². The predicted octanol–water partition coefficient (Wildman–Crippen LogP) is -23.1. The van der Waals surface area contributed by atoms with Crippen LogP contribution in [0.1, 0.15) is 48.5 Å². The molecule has 61 nitrogen and oxygen atoms in total. The molecule has 11 aliphatic heterocycles. The molecule has 61 heteroatoms. The van der Waals surface area contributed by atoms with Gasteiger partial charge >= 0.3 is 0 Å². The molecule has 0 saturated carbocycles. The number of aliphatic hydroxyl groups is 28. The van der Waals surface area contributed by atoms with E-state index < -0.39 is 439 Å². The lowest BCUT2D eigenvalue weighted by Crippen LogP contribution is -2.71. The summed E-state index contributed by atoms with van der Waals surface area (Å²) in [6.07, 6.45) is -105. The van der Waals surface area contributed by atoms with Crippen molar-refractivity contribution in [1.29, 1.82) is 0 Å². The molecule has 34 N–H and O–H groups in total. The number of carbonyl (C=O) groups is 6. The Labute approximate surface area is 788 Å². The zero-order chi connectivity index (χ0) is 102. The Morgan fingerprint density at radius 3 is 0.885 bits per heavy atom. The Morgan fingerprint density at radius 2 is 0.460 bits per heavy atom. The molecule has 1 unspecified atom stereocenters. The second-order valence-electron chi connectivity index (χ2n) is 35.3. The maximum atomic E-state index is 13.5. The fraction of sp³-hybridized carbons (Fsp3) is 0.923. The van der Waals surface area contributed by atoms with Gasteiger partial charge < -0.3 is 274 Å². The molecule has 0 radical (unpaired) electrons. The second-order valence-corrected chi connectivity index (χ2v) is 35.3. The lowest BCUT2D eigenvalue weighted by atomic mass is 9.93. The van der Waals surface area contributed by atoms with Crippen LogP contribution >= 0.6 is 0 Å². The summed E-state index contributed by atoms with van der Waals surface area (Å²) in [5.41, 5.74) is 0. The van der Waals surface area contributed by atoms with E-state index in [9.17, 15) is 172 Å². The van der Waals surface area contributed by atoms with Gasteiger partial charge in [-0.05, 0) is 6.92 Å². The molecule has 0 aromatic carbocycles. The van der Waals surface area contributed by atoms with Gasteiger partial charge in [-0.25, -0.2) is 0 Å². The van der Waals surface area contributed by atoms with Crippen molar-refractivity contribution < 1.29 is 271 Å². The largest absolute Gasteiger partial charge is 0.394 e. The third kappa shape index (κ3) is 26.0. The molecule has 0 aromatic rings. The molecule has 11 aliphatic rings. The van der Waals surface area contributed by atoms with Gasteiger partial charge in [-0.3, -0.25) is 28.8 Å². The van der Waals surface area contributed by atoms with Crippen molar-refractivity contribution in [3.05, 3.63) is 0 Å². The molecule has 11 heterocycles. The first-order valence-corrected chi connectivity index (χ1v) is 44.5. The van der Waals surface area contributed by atoms with Crippen LogP contribution in [0.3, 0.4) is 0 Å². The maximum absolute atomic E-state index is 13.5. The summed E-state index contributed by atoms with van der Waals surface area (Å²) < 4.78 is 127. The fourth-order valence-electron chi connectivity index (χ4n) is 18.0. The van der Waals surface area contributed by atoms with Crippen LogP contribution in [0.5, 0.6) is 0 Å². The smallest absolute Gasteiger partial charge is 0.217 e. The van der Waals surface area contributed by atoms with Gasteiger partial charge in [-0.15, -0.1) is 0 Å². The van der Waals surface area contributed by atoms with E-state index >= 15 is 0 Å². The summed E-state index contributed by atoms with van der Waals surface area (Å²) >= 11 is 0. The average Bonchev–Trinajstić information content (AvgIpc) is 0.752. The molecular weight excluding hydrogens is 1900 g/mol. The highest BCUT2D eigenvalue weighted by molar-refractivity contribution is 5.75. The van der Waals surface area contributed by atoms with Crippen LogP contribution in [0.15, 0.2) is 0 Å². The molecule has 11 fully saturated rings. The van der Waals surface area contributed by atoms with Crippen LogP contribution in [-0.2, 0) is 128 Å². The highest BCUT2D eigenvalue weighted by Crippen LogP contribution is 2.42. The van der Waals surface area contributed by atoms with Crippen LogP contribution in [0, 0.1) is 0 Å². The number of carbonyl (C=O) groups excluding carboxylic acids is 6. The van der Waals surface area contributed by atoms with E-state index in [4.69, 9.17) is 99.5 Å². The van der Waals surface area contributed by atoms with E-state index in [1.807, 2.05) is 0 Å². The third-order valence-corrected chi connectivity index (χ3v) is 25.3. The third-order valence-electron chi connectivity index (χ3n) is 25.3. The lowest BCUT2D eigenvalue weighted by molar-refractivity contribution is -0.403. The minimum atomic E-state index is -2.76. The van der Waals surface area contributed by atoms with Crippen LogP contribution < -0.4 is 31.9 Å². The van der Waals surface area contributed by atoms with Gasteiger partial charge in [0.15, 0.2) is 69.2 Å². The number of ether oxygens (including phenoxy) is 21. The first-order chi connectivity index (χ1) is 65.6. The Bertz CT molecular complexity index is 3900. The predicted molar refractivity (Wildman–Crippen MR) is 430 cm³/mol. The maximum Gasteiger partial charge on any atom is 0.217 e. The van der Waals surface area contributed by atoms with Gasteiger partial charge in [-0.2, -0.15) is 0 Å². The first-order valence-electron chi connectivity index (χ1n) is 44.5. The number of hydrogen-bond acceptors (Lipinski definition) is 55. The van der Waals surface area contributed by atoms with Crippen molar-refractivity contribution in [3.63, 3.8) is 0 Å². The quantitative estimate of drug-likeness (QED) is 0.0277. The van der Waals surface area contributed by atoms with Crippen LogP contribution in [-0.4, -0.2) is 582 Å². The van der Waals surface area contributed by atoms with Crippen molar-refractivity contribution in [2.75, 3.05) is 66.1 Å². The second kappa shape index (κ2) is 50.0. The first kappa shape index (κ1) is 114. The van der Waals surface area contributed by atoms with Gasteiger partial charge in [0.05, 0.1) is 72.2 Å². The van der Waals surface area contributed by atoms with E-state index in [2.05, 4.69) is 31.9 Å². The van der Waals surface area contributed by atoms with E-state index in [1.54, 1.807) is 0 Å². The van der Waals surface area contributed by atoms with Gasteiger partial charge in [0.1, 0.15) is 262 Å². The molecule has 6 amide bonds. The van der Waals surface area contributed by atoms with E-state index in [-0.39, 0.29) is 0 Å². The molecule has 0 aliphatic carbocycles. The number of amides is 6. The molecule has 0 bridgehead atoms. The summed E-state index contributed by atoms with van der Waals surface area (Å²) in [5.74, 6) is -5.68. The summed E-state index contributed by atoms with van der Waals surface area (Å²) in [7, 11) is 0. The highest BCUT2D eigenvalue weighted by atomic mass is 16.8. The highest BCUT2D eigenvalue weighted by Gasteiger charge is 2.63. The molecular formula is C78H130N6O55. The van der Waals surface area contributed by atoms with E-state index in [0.717, 1.165) is 41.5 Å². The number of aliphatic hydroxyl groups excluding tert-OH is 28. The summed E-state index contributed by atoms with van der Waals surface area (Å²) in [4.78, 5) is 77.6. The van der Waals surface area contributed by atoms with Gasteiger partial charge in [0.25, 0.3) is 0 Å². The van der Waals surface area contributed by atoms with E-state index in [0.29, 0.717) is 0 Å². The number of rotatable bonds is 36. The van der Waals surface area contributed by atoms with Crippen molar-refractivity contribution in [1.82, 2.24) is 31.9 Å². The molecule has 139 heavy (non-hydrogen) atoms. The Balaban J connectivity index is 0.997. The zero-order valence-electron chi connectivity index (χ0n) is 75.4. The SMILES string of the molecule is CC(=O)N[C@H]1[C@H](O[C@H]2[C@H](O)[C@@H](NC(C)=O)C(O)O[C@@H]2CO[C@@H]2O[C@@H](C)[C@@H](O)[C@H](O)[C@@H]2O)O[C@H](CO)[C@@H](O[C@@H]2O[C@H](CO[C@H]3O[C@H](CO[C@@H]4O[C@H](CO)[C@@H](O)[C@H](O)[C@H]4NC(C)=O)[C@@H](O)[C@H](O)[C@@H]3O[C@@H]3O[C@H](CO)[C@@H](O[C@@H]4O[C@H](CO)[C@H](O)[C@H](O)[C@H]4O)[C@H](O)[C@H]3NC(C)=O)[C@@H](O)[C@H](O[C@H]3O[C@H](CO)[C@@H](O[C@@H]4O[C@H](CO)[C@@H](O)[C@H](O)[C@H]4NC(C)=O)[C@H](O)[C@@H]3O[C@@H]3O[C@H](CO)[C@@H](O)[C@H](O)[C@H]3NC(C)=O)[C@@H]2O)[C@@H]1O. The Kier molecular flexibility index (Phi) is 41.1. The molecule has 11 saturated heterocycles. The molecule has 802 valence electrons. The number of hydrogen-bond donors (Lipinski definition) is 34. The Morgan fingerprint density at radius 1 is 0.201 bits per heavy atom. The summed E-state index contributed by atoms with van der Waals surface area (Å²) in [6, 6.07) is -11.5. The molecule has 11 rings (SSSR count). The lowest BCUT2D eigenvalue weighted by Gasteiger charge is -2.52. The number of nitrogens with one attached hydrogen (secondary N) is 6. The van der Waals surface area contributed by atoms with Crippen LogP contribution in [0.2, 0.25) is 0 Å². The van der Waals surface area contributed by atoms with Crippen LogP contribution in [0.4, 0.5) is 0 Å². The monoisotopic (exact) mass is 2030 g/mol. The van der Waals surface area contributed by atoms with Crippen LogP contribution in [0.25, 0.3) is 0 Å². The van der Waals surface area contributed by atoms with Gasteiger partial charge in [-0.1, -0.05) is 0 Å². The minimum absolute atomic E-state index is 0.856. The van der Waals surface area contributed by atoms with Crippen molar-refractivity contribution in [3.8, 4) is 0 Å². The fourth-order valence-corrected chi connectivity index (χ4v) is 18.0. The summed E-state index contributed by atoms with van der Waals surface area (Å²) in [6.45, 7) is -4.55. The topological polar surface area (TPSA) is 935 Å². The van der Waals surface area contributed by atoms with Crippen molar-refractivity contribution in [2.24, 2.45) is 0 Å². The van der Waals surface area contributed by atoms with Gasteiger partial charge in [0, 0.05) is 41.5 Å².